The van der Waals surface area contributed by atoms with Crippen molar-refractivity contribution >= 4 is 21.6 Å². The Balaban J connectivity index is 1.44. The van der Waals surface area contributed by atoms with Crippen LogP contribution in [0.3, 0.4) is 0 Å². The van der Waals surface area contributed by atoms with Crippen LogP contribution >= 0.6 is 11.3 Å². The van der Waals surface area contributed by atoms with Gasteiger partial charge in [-0.15, -0.1) is 0 Å². The van der Waals surface area contributed by atoms with Gasteiger partial charge in [0.25, 0.3) is 5.19 Å². The molecule has 19 heavy (non-hydrogen) atoms. The minimum absolute atomic E-state index is 0.788. The summed E-state index contributed by atoms with van der Waals surface area (Å²) in [5.74, 6) is 0.840. The minimum Gasteiger partial charge on any atom is -0.470 e. The molecule has 0 bridgehead atoms. The Morgan fingerprint density at radius 2 is 2.32 bits per heavy atom. The quantitative estimate of drug-likeness (QED) is 0.849. The number of fused-ring (bicyclic) bond motifs is 1. The second-order valence-electron chi connectivity index (χ2n) is 5.15. The van der Waals surface area contributed by atoms with E-state index in [0.717, 1.165) is 29.7 Å². The molecule has 3 rings (SSSR count). The lowest BCUT2D eigenvalue weighted by Crippen LogP contribution is -2.29. The highest BCUT2D eigenvalue weighted by atomic mass is 32.1. The van der Waals surface area contributed by atoms with Crippen molar-refractivity contribution in [2.45, 2.75) is 25.7 Å². The van der Waals surface area contributed by atoms with Gasteiger partial charge in [-0.05, 0) is 56.8 Å². The monoisotopic (exact) mass is 276 g/mol. The van der Waals surface area contributed by atoms with Gasteiger partial charge in [-0.3, -0.25) is 0 Å². The zero-order chi connectivity index (χ0) is 12.9. The summed E-state index contributed by atoms with van der Waals surface area (Å²) >= 11 is 1.64. The molecular formula is C15H20N2OS. The van der Waals surface area contributed by atoms with Crippen LogP contribution in [0.1, 0.15) is 25.7 Å². The molecule has 102 valence electrons. The molecule has 1 aromatic carbocycles. The number of thiazole rings is 1. The summed E-state index contributed by atoms with van der Waals surface area (Å²) in [7, 11) is 0. The summed E-state index contributed by atoms with van der Waals surface area (Å²) in [6.07, 6.45) is 5.08. The highest BCUT2D eigenvalue weighted by Gasteiger charge is 2.12. The molecule has 2 heterocycles. The second-order valence-corrected chi connectivity index (χ2v) is 6.14. The van der Waals surface area contributed by atoms with Gasteiger partial charge in [0.2, 0.25) is 0 Å². The minimum atomic E-state index is 0.788. The summed E-state index contributed by atoms with van der Waals surface area (Å²) in [6, 6.07) is 8.18. The molecule has 0 aliphatic carbocycles. The molecule has 1 aliphatic rings. The lowest BCUT2D eigenvalue weighted by Gasteiger charge is -2.22. The maximum absolute atomic E-state index is 5.77. The van der Waals surface area contributed by atoms with Crippen LogP contribution in [0.15, 0.2) is 24.3 Å². The first kappa shape index (κ1) is 12.9. The van der Waals surface area contributed by atoms with Crippen molar-refractivity contribution < 1.29 is 4.74 Å². The number of nitrogens with one attached hydrogen (secondary N) is 1. The number of para-hydroxylation sites is 1. The van der Waals surface area contributed by atoms with E-state index >= 15 is 0 Å². The van der Waals surface area contributed by atoms with Crippen LogP contribution in [-0.2, 0) is 0 Å². The number of nitrogens with zero attached hydrogens (tertiary/aromatic N) is 1. The molecule has 2 aromatic rings. The van der Waals surface area contributed by atoms with Gasteiger partial charge in [-0.25, -0.2) is 4.98 Å². The van der Waals surface area contributed by atoms with Crippen molar-refractivity contribution in [1.82, 2.24) is 10.3 Å². The Labute approximate surface area is 118 Å². The van der Waals surface area contributed by atoms with Gasteiger partial charge in [0.05, 0.1) is 16.8 Å². The van der Waals surface area contributed by atoms with E-state index in [-0.39, 0.29) is 0 Å². The average molecular weight is 276 g/mol. The lowest BCUT2D eigenvalue weighted by atomic mass is 9.95. The number of hydrogen-bond acceptors (Lipinski definition) is 4. The maximum atomic E-state index is 5.77. The molecule has 0 saturated carbocycles. The third-order valence-electron chi connectivity index (χ3n) is 3.66. The molecule has 1 N–H and O–H groups in total. The van der Waals surface area contributed by atoms with E-state index in [2.05, 4.69) is 16.4 Å². The highest BCUT2D eigenvalue weighted by molar-refractivity contribution is 7.20. The molecule has 0 amide bonds. The molecule has 3 nitrogen and oxygen atoms in total. The highest BCUT2D eigenvalue weighted by Crippen LogP contribution is 2.27. The molecule has 0 radical (unpaired) electrons. The van der Waals surface area contributed by atoms with Gasteiger partial charge in [0.1, 0.15) is 0 Å². The van der Waals surface area contributed by atoms with Crippen LogP contribution in [0.5, 0.6) is 5.19 Å². The predicted octanol–water partition coefficient (Wildman–Crippen LogP) is 3.45. The van der Waals surface area contributed by atoms with Crippen LogP contribution in [0, 0.1) is 5.92 Å². The van der Waals surface area contributed by atoms with Crippen molar-refractivity contribution in [3.05, 3.63) is 24.3 Å². The van der Waals surface area contributed by atoms with Gasteiger partial charge in [-0.1, -0.05) is 23.5 Å². The first-order chi connectivity index (χ1) is 9.42. The Morgan fingerprint density at radius 3 is 3.16 bits per heavy atom. The molecule has 1 atom stereocenters. The molecule has 1 aliphatic heterocycles. The number of rotatable bonds is 5. The molecule has 0 spiro atoms. The molecule has 1 saturated heterocycles. The van der Waals surface area contributed by atoms with Gasteiger partial charge in [0, 0.05) is 0 Å². The zero-order valence-corrected chi connectivity index (χ0v) is 11.9. The topological polar surface area (TPSA) is 34.1 Å². The number of benzene rings is 1. The SMILES string of the molecule is c1ccc2sc(OCCCC3CCCNC3)nc2c1. The van der Waals surface area contributed by atoms with E-state index in [0.29, 0.717) is 0 Å². The molecule has 1 aromatic heterocycles. The van der Waals surface area contributed by atoms with E-state index < -0.39 is 0 Å². The Hall–Kier alpha value is -1.13. The standard InChI is InChI=1S/C15H20N2OS/c1-2-8-14-13(7-1)17-15(19-14)18-10-4-6-12-5-3-9-16-11-12/h1-2,7-8,12,16H,3-6,9-11H2. The Bertz CT molecular complexity index is 487. The third-order valence-corrected chi connectivity index (χ3v) is 4.60. The molecule has 1 unspecified atom stereocenters. The van der Waals surface area contributed by atoms with Crippen molar-refractivity contribution in [2.75, 3.05) is 19.7 Å². The average Bonchev–Trinajstić information content (AvgIpc) is 2.87. The van der Waals surface area contributed by atoms with E-state index in [4.69, 9.17) is 4.74 Å². The van der Waals surface area contributed by atoms with Crippen molar-refractivity contribution in [2.24, 2.45) is 5.92 Å². The largest absolute Gasteiger partial charge is 0.470 e. The fourth-order valence-corrected chi connectivity index (χ4v) is 3.45. The van der Waals surface area contributed by atoms with E-state index in [1.165, 1.54) is 37.1 Å². The summed E-state index contributed by atoms with van der Waals surface area (Å²) in [5.41, 5.74) is 1.04. The normalized spacial score (nSPS) is 19.7. The lowest BCUT2D eigenvalue weighted by molar-refractivity contribution is 0.275. The number of hydrogen-bond donors (Lipinski definition) is 1. The Morgan fingerprint density at radius 1 is 1.37 bits per heavy atom. The molecular weight excluding hydrogens is 256 g/mol. The van der Waals surface area contributed by atoms with Gasteiger partial charge in [0.15, 0.2) is 0 Å². The van der Waals surface area contributed by atoms with Crippen molar-refractivity contribution in [1.29, 1.82) is 0 Å². The smallest absolute Gasteiger partial charge is 0.274 e. The van der Waals surface area contributed by atoms with Gasteiger partial charge in [-0.2, -0.15) is 0 Å². The van der Waals surface area contributed by atoms with Crippen LogP contribution in [0.4, 0.5) is 0 Å². The summed E-state index contributed by atoms with van der Waals surface area (Å²) in [5, 5.41) is 4.27. The maximum Gasteiger partial charge on any atom is 0.274 e. The fourth-order valence-electron chi connectivity index (χ4n) is 2.61. The molecule has 4 heteroatoms. The second kappa shape index (κ2) is 6.35. The summed E-state index contributed by atoms with van der Waals surface area (Å²) < 4.78 is 6.97. The van der Waals surface area contributed by atoms with Gasteiger partial charge >= 0.3 is 0 Å². The molecule has 1 fully saturated rings. The first-order valence-electron chi connectivity index (χ1n) is 7.11. The third kappa shape index (κ3) is 3.45. The van der Waals surface area contributed by atoms with Crippen LogP contribution in [0.25, 0.3) is 10.2 Å². The number of aromatic nitrogens is 1. The van der Waals surface area contributed by atoms with Crippen molar-refractivity contribution in [3.8, 4) is 5.19 Å². The van der Waals surface area contributed by atoms with Crippen LogP contribution in [0.2, 0.25) is 0 Å². The fraction of sp³-hybridized carbons (Fsp3) is 0.533. The first-order valence-corrected chi connectivity index (χ1v) is 7.92. The van der Waals surface area contributed by atoms with Crippen LogP contribution in [-0.4, -0.2) is 24.7 Å². The van der Waals surface area contributed by atoms with Crippen LogP contribution < -0.4 is 10.1 Å². The van der Waals surface area contributed by atoms with E-state index in [1.807, 2.05) is 18.2 Å². The summed E-state index contributed by atoms with van der Waals surface area (Å²) in [6.45, 7) is 3.16. The number of ether oxygens (including phenoxy) is 1. The van der Waals surface area contributed by atoms with Gasteiger partial charge < -0.3 is 10.1 Å². The van der Waals surface area contributed by atoms with E-state index in [9.17, 15) is 0 Å². The van der Waals surface area contributed by atoms with E-state index in [1.54, 1.807) is 11.3 Å². The zero-order valence-electron chi connectivity index (χ0n) is 11.1. The summed E-state index contributed by atoms with van der Waals surface area (Å²) in [4.78, 5) is 4.48. The predicted molar refractivity (Wildman–Crippen MR) is 79.9 cm³/mol. The number of piperidine rings is 1. The Kier molecular flexibility index (Phi) is 4.30. The van der Waals surface area contributed by atoms with Crippen molar-refractivity contribution in [3.63, 3.8) is 0 Å².